The number of aromatic hydroxyl groups is 1. The van der Waals surface area contributed by atoms with Gasteiger partial charge in [0, 0.05) is 6.21 Å². The largest absolute Gasteiger partial charge is 0.494 e. The number of aromatic amines is 1. The molecule has 0 bridgehead atoms. The number of aliphatic imine (C=N–C) groups is 1. The summed E-state index contributed by atoms with van der Waals surface area (Å²) in [7, 11) is 0. The van der Waals surface area contributed by atoms with Gasteiger partial charge in [-0.15, -0.1) is 0 Å². The van der Waals surface area contributed by atoms with Crippen LogP contribution in [0.5, 0.6) is 5.88 Å². The summed E-state index contributed by atoms with van der Waals surface area (Å²) < 4.78 is 0.515. The van der Waals surface area contributed by atoms with Crippen molar-refractivity contribution >= 4 is 29.8 Å². The molecule has 1 rings (SSSR count). The summed E-state index contributed by atoms with van der Waals surface area (Å²) in [6.07, 6.45) is 2.31. The average Bonchev–Trinajstić information content (AvgIpc) is 2.47. The summed E-state index contributed by atoms with van der Waals surface area (Å²) in [5.74, 6) is 0.0385. The lowest BCUT2D eigenvalue weighted by atomic mass is 10.2. The van der Waals surface area contributed by atoms with Gasteiger partial charge in [-0.1, -0.05) is 18.3 Å². The Morgan fingerprint density at radius 3 is 2.86 bits per heavy atom. The fourth-order valence-electron chi connectivity index (χ4n) is 0.874. The van der Waals surface area contributed by atoms with E-state index >= 15 is 0 Å². The van der Waals surface area contributed by atoms with E-state index in [0.29, 0.717) is 8.83 Å². The second kappa shape index (κ2) is 5.23. The van der Waals surface area contributed by atoms with Crippen molar-refractivity contribution in [3.8, 4) is 5.88 Å². The van der Waals surface area contributed by atoms with Crippen molar-refractivity contribution < 1.29 is 10.2 Å². The van der Waals surface area contributed by atoms with Crippen LogP contribution in [0.3, 0.4) is 0 Å². The minimum absolute atomic E-state index is 0.0174. The van der Waals surface area contributed by atoms with E-state index in [-0.39, 0.29) is 18.5 Å². The van der Waals surface area contributed by atoms with Crippen molar-refractivity contribution in [3.05, 3.63) is 8.83 Å². The second-order valence-electron chi connectivity index (χ2n) is 2.75. The SMILES string of the molecule is CCC(CO)N=Cc1sc(=S)[nH]c1O. The highest BCUT2D eigenvalue weighted by molar-refractivity contribution is 7.73. The van der Waals surface area contributed by atoms with Crippen LogP contribution in [-0.4, -0.2) is 34.1 Å². The highest BCUT2D eigenvalue weighted by Gasteiger charge is 2.03. The molecule has 14 heavy (non-hydrogen) atoms. The van der Waals surface area contributed by atoms with Gasteiger partial charge < -0.3 is 15.2 Å². The highest BCUT2D eigenvalue weighted by atomic mass is 32.1. The molecule has 1 aromatic rings. The maximum atomic E-state index is 9.32. The molecule has 1 atom stereocenters. The molecule has 78 valence electrons. The zero-order chi connectivity index (χ0) is 10.6. The minimum atomic E-state index is -0.106. The summed E-state index contributed by atoms with van der Waals surface area (Å²) in [5.41, 5.74) is 0. The molecule has 1 heterocycles. The molecule has 0 amide bonds. The first kappa shape index (κ1) is 11.4. The fourth-order valence-corrected chi connectivity index (χ4v) is 1.85. The third-order valence-corrected chi connectivity index (χ3v) is 2.90. The molecule has 0 saturated carbocycles. The number of H-pyrrole nitrogens is 1. The van der Waals surface area contributed by atoms with Gasteiger partial charge in [-0.2, -0.15) is 0 Å². The monoisotopic (exact) mass is 232 g/mol. The van der Waals surface area contributed by atoms with Crippen molar-refractivity contribution in [2.45, 2.75) is 19.4 Å². The van der Waals surface area contributed by atoms with E-state index in [1.54, 1.807) is 0 Å². The Balaban J connectivity index is 2.77. The maximum absolute atomic E-state index is 9.32. The van der Waals surface area contributed by atoms with Gasteiger partial charge in [-0.05, 0) is 18.6 Å². The van der Waals surface area contributed by atoms with Crippen LogP contribution >= 0.6 is 23.6 Å². The number of aliphatic hydroxyl groups is 1. The van der Waals surface area contributed by atoms with Crippen molar-refractivity contribution in [1.29, 1.82) is 0 Å². The number of nitrogens with one attached hydrogen (secondary N) is 1. The number of aromatic nitrogens is 1. The molecule has 0 aliphatic heterocycles. The molecule has 0 aliphatic carbocycles. The van der Waals surface area contributed by atoms with Crippen molar-refractivity contribution in [1.82, 2.24) is 4.98 Å². The van der Waals surface area contributed by atoms with E-state index < -0.39 is 0 Å². The topological polar surface area (TPSA) is 68.6 Å². The average molecular weight is 232 g/mol. The highest BCUT2D eigenvalue weighted by Crippen LogP contribution is 2.18. The molecule has 6 heteroatoms. The Hall–Kier alpha value is -0.720. The van der Waals surface area contributed by atoms with Gasteiger partial charge in [0.2, 0.25) is 5.88 Å². The summed E-state index contributed by atoms with van der Waals surface area (Å²) in [5, 5.41) is 18.2. The van der Waals surface area contributed by atoms with Crippen LogP contribution in [0.15, 0.2) is 4.99 Å². The van der Waals surface area contributed by atoms with E-state index in [0.717, 1.165) is 6.42 Å². The van der Waals surface area contributed by atoms with E-state index in [1.165, 1.54) is 17.6 Å². The van der Waals surface area contributed by atoms with Crippen molar-refractivity contribution in [2.75, 3.05) is 6.61 Å². The minimum Gasteiger partial charge on any atom is -0.494 e. The lowest BCUT2D eigenvalue weighted by Crippen LogP contribution is -2.08. The predicted molar refractivity (Wildman–Crippen MR) is 59.9 cm³/mol. The molecule has 0 aliphatic rings. The number of rotatable bonds is 4. The molecule has 3 N–H and O–H groups in total. The Labute approximate surface area is 91.0 Å². The van der Waals surface area contributed by atoms with Crippen molar-refractivity contribution in [3.63, 3.8) is 0 Å². The van der Waals surface area contributed by atoms with E-state index in [1.807, 2.05) is 6.92 Å². The van der Waals surface area contributed by atoms with Gasteiger partial charge in [0.05, 0.1) is 12.6 Å². The van der Waals surface area contributed by atoms with Crippen molar-refractivity contribution in [2.24, 2.45) is 4.99 Å². The molecule has 0 spiro atoms. The third kappa shape index (κ3) is 2.90. The molecular formula is C8H12N2O2S2. The Morgan fingerprint density at radius 2 is 2.43 bits per heavy atom. The van der Waals surface area contributed by atoms with Gasteiger partial charge in [-0.25, -0.2) is 0 Å². The maximum Gasteiger partial charge on any atom is 0.209 e. The summed E-state index contributed by atoms with van der Waals surface area (Å²) in [4.78, 5) is 7.32. The zero-order valence-electron chi connectivity index (χ0n) is 7.73. The number of nitrogens with zero attached hydrogens (tertiary/aromatic N) is 1. The Morgan fingerprint density at radius 1 is 1.71 bits per heavy atom. The molecular weight excluding hydrogens is 220 g/mol. The summed E-state index contributed by atoms with van der Waals surface area (Å²) in [6, 6.07) is -0.106. The van der Waals surface area contributed by atoms with Crippen LogP contribution in [0.2, 0.25) is 0 Å². The smallest absolute Gasteiger partial charge is 0.209 e. The number of hydrogen-bond acceptors (Lipinski definition) is 5. The Kier molecular flexibility index (Phi) is 4.24. The molecule has 1 unspecified atom stereocenters. The van der Waals surface area contributed by atoms with E-state index in [2.05, 4.69) is 9.98 Å². The van der Waals surface area contributed by atoms with Crippen LogP contribution in [0.4, 0.5) is 0 Å². The zero-order valence-corrected chi connectivity index (χ0v) is 9.36. The normalized spacial score (nSPS) is 13.6. The first-order chi connectivity index (χ1) is 6.67. The number of aliphatic hydroxyl groups excluding tert-OH is 1. The molecule has 0 radical (unpaired) electrons. The number of hydrogen-bond donors (Lipinski definition) is 3. The second-order valence-corrected chi connectivity index (χ2v) is 4.47. The first-order valence-electron chi connectivity index (χ1n) is 4.23. The lowest BCUT2D eigenvalue weighted by molar-refractivity contribution is 0.264. The van der Waals surface area contributed by atoms with Gasteiger partial charge in [0.1, 0.15) is 4.88 Å². The van der Waals surface area contributed by atoms with Gasteiger partial charge in [0.15, 0.2) is 3.95 Å². The molecule has 0 fully saturated rings. The van der Waals surface area contributed by atoms with Crippen LogP contribution in [-0.2, 0) is 0 Å². The fraction of sp³-hybridized carbons (Fsp3) is 0.500. The predicted octanol–water partition coefficient (Wildman–Crippen LogP) is 1.70. The van der Waals surface area contributed by atoms with E-state index in [9.17, 15) is 5.11 Å². The molecule has 4 nitrogen and oxygen atoms in total. The van der Waals surface area contributed by atoms with E-state index in [4.69, 9.17) is 17.3 Å². The van der Waals surface area contributed by atoms with Crippen LogP contribution in [0.25, 0.3) is 0 Å². The standard InChI is InChI=1S/C8H12N2O2S2/c1-2-5(4-11)9-3-6-7(12)10-8(13)14-6/h3,5,11-12H,2,4H2,1H3,(H,10,13). The Bertz CT molecular complexity index is 366. The summed E-state index contributed by atoms with van der Waals surface area (Å²) in [6.45, 7) is 1.96. The van der Waals surface area contributed by atoms with Gasteiger partial charge in [-0.3, -0.25) is 4.99 Å². The van der Waals surface area contributed by atoms with Crippen LogP contribution in [0, 0.1) is 3.95 Å². The molecule has 0 saturated heterocycles. The quantitative estimate of drug-likeness (QED) is 0.546. The van der Waals surface area contributed by atoms with Gasteiger partial charge >= 0.3 is 0 Å². The molecule has 1 aromatic heterocycles. The summed E-state index contributed by atoms with van der Waals surface area (Å²) >= 11 is 6.10. The van der Waals surface area contributed by atoms with Crippen LogP contribution in [0.1, 0.15) is 18.2 Å². The first-order valence-corrected chi connectivity index (χ1v) is 5.46. The van der Waals surface area contributed by atoms with Gasteiger partial charge in [0.25, 0.3) is 0 Å². The lowest BCUT2D eigenvalue weighted by Gasteiger charge is -2.02. The molecule has 0 aromatic carbocycles. The third-order valence-electron chi connectivity index (χ3n) is 1.74. The van der Waals surface area contributed by atoms with Crippen LogP contribution < -0.4 is 0 Å². The number of thiazole rings is 1.